The average molecular weight is 284 g/mol. The van der Waals surface area contributed by atoms with Gasteiger partial charge in [0.2, 0.25) is 10.0 Å². The minimum absolute atomic E-state index is 0.264. The molecule has 0 fully saturated rings. The lowest BCUT2D eigenvalue weighted by atomic mass is 10.0. The van der Waals surface area contributed by atoms with Crippen LogP contribution in [-0.4, -0.2) is 19.8 Å². The van der Waals surface area contributed by atoms with Crippen LogP contribution in [0.15, 0.2) is 53.4 Å². The molecule has 20 heavy (non-hydrogen) atoms. The number of hydrogen-bond donors (Lipinski definition) is 1. The molecule has 1 heterocycles. The van der Waals surface area contributed by atoms with Gasteiger partial charge in [0.25, 0.3) is 0 Å². The number of benzene rings is 2. The summed E-state index contributed by atoms with van der Waals surface area (Å²) in [7, 11) is -2.00. The summed E-state index contributed by atoms with van der Waals surface area (Å²) < 4.78 is 26.2. The summed E-state index contributed by atoms with van der Waals surface area (Å²) in [5.41, 5.74) is 3.82. The van der Waals surface area contributed by atoms with E-state index in [0.29, 0.717) is 0 Å². The maximum absolute atomic E-state index is 12.5. The molecule has 1 aliphatic heterocycles. The van der Waals surface area contributed by atoms with E-state index in [2.05, 4.69) is 5.43 Å². The maximum atomic E-state index is 12.5. The number of rotatable bonds is 2. The van der Waals surface area contributed by atoms with Gasteiger partial charge in [-0.1, -0.05) is 42.0 Å². The molecule has 0 atom stereocenters. The van der Waals surface area contributed by atoms with Crippen molar-refractivity contribution < 1.29 is 8.42 Å². The summed E-state index contributed by atoms with van der Waals surface area (Å²) in [5, 5.41) is 1.82. The summed E-state index contributed by atoms with van der Waals surface area (Å²) in [6.45, 7) is 1.92. The third-order valence-electron chi connectivity index (χ3n) is 3.18. The summed E-state index contributed by atoms with van der Waals surface area (Å²) in [6.07, 6.45) is 1.68. The van der Waals surface area contributed by atoms with Gasteiger partial charge in [-0.3, -0.25) is 0 Å². The molecule has 6 heteroatoms. The van der Waals surface area contributed by atoms with Gasteiger partial charge in [0.05, 0.1) is 4.90 Å². The molecule has 0 amide bonds. The Hall–Kier alpha value is -2.08. The van der Waals surface area contributed by atoms with Crippen molar-refractivity contribution in [2.24, 2.45) is 0 Å². The van der Waals surface area contributed by atoms with Crippen LogP contribution in [0.5, 0.6) is 0 Å². The minimum atomic E-state index is -3.59. The highest BCUT2D eigenvalue weighted by molar-refractivity contribution is 7.90. The van der Waals surface area contributed by atoms with E-state index < -0.39 is 10.0 Å². The summed E-state index contributed by atoms with van der Waals surface area (Å²) in [6, 6.07) is 14.4. The fraction of sp³-hybridized carbons (Fsp3) is 0.0714. The first kappa shape index (κ1) is 12.9. The van der Waals surface area contributed by atoms with Crippen LogP contribution < -0.4 is 10.6 Å². The second-order valence-electron chi connectivity index (χ2n) is 4.65. The Bertz CT molecular complexity index is 861. The Morgan fingerprint density at radius 3 is 2.50 bits per heavy atom. The standard InChI is InChI=1S/C14H13BN2O2S/c1-11-6-8-13(9-7-11)20(18,19)17-15-14-5-3-2-4-12(14)10-16-17/h2-10,16H,1H3/q-1. The largest absolute Gasteiger partial charge is 0.441 e. The molecule has 2 aromatic rings. The number of nitrogens with zero attached hydrogens (tertiary/aromatic N) is 1. The molecule has 4 nitrogen and oxygen atoms in total. The zero-order valence-corrected chi connectivity index (χ0v) is 11.8. The Morgan fingerprint density at radius 2 is 1.75 bits per heavy atom. The Morgan fingerprint density at radius 1 is 1.05 bits per heavy atom. The third-order valence-corrected chi connectivity index (χ3v) is 4.77. The first-order valence-electron chi connectivity index (χ1n) is 6.22. The van der Waals surface area contributed by atoms with E-state index in [1.807, 2.05) is 31.2 Å². The van der Waals surface area contributed by atoms with Gasteiger partial charge in [0.1, 0.15) is 0 Å². The van der Waals surface area contributed by atoms with Crippen molar-refractivity contribution in [3.05, 3.63) is 64.4 Å². The van der Waals surface area contributed by atoms with E-state index in [9.17, 15) is 8.42 Å². The number of nitrogens with one attached hydrogen (secondary N) is 1. The van der Waals surface area contributed by atoms with Crippen molar-refractivity contribution in [2.75, 3.05) is 0 Å². The van der Waals surface area contributed by atoms with E-state index in [1.165, 1.54) is 0 Å². The molecular weight excluding hydrogens is 271 g/mol. The molecule has 0 bridgehead atoms. The topological polar surface area (TPSA) is 49.4 Å². The highest BCUT2D eigenvalue weighted by atomic mass is 32.2. The minimum Gasteiger partial charge on any atom is -0.441 e. The first-order chi connectivity index (χ1) is 9.57. The fourth-order valence-corrected chi connectivity index (χ4v) is 3.17. The van der Waals surface area contributed by atoms with Crippen LogP contribution in [0.2, 0.25) is 0 Å². The summed E-state index contributed by atoms with van der Waals surface area (Å²) in [5.74, 6) is 0. The second-order valence-corrected chi connectivity index (χ2v) is 6.46. The zero-order valence-electron chi connectivity index (χ0n) is 10.9. The predicted octanol–water partition coefficient (Wildman–Crippen LogP) is 0.812. The Balaban J connectivity index is 2.06. The van der Waals surface area contributed by atoms with Gasteiger partial charge >= 0.3 is 0 Å². The molecule has 2 aromatic carbocycles. The van der Waals surface area contributed by atoms with Gasteiger partial charge < -0.3 is 9.75 Å². The van der Waals surface area contributed by atoms with Crippen LogP contribution >= 0.6 is 0 Å². The van der Waals surface area contributed by atoms with Crippen molar-refractivity contribution in [2.45, 2.75) is 11.8 Å². The highest BCUT2D eigenvalue weighted by Crippen LogP contribution is 2.14. The zero-order chi connectivity index (χ0) is 14.2. The lowest BCUT2D eigenvalue weighted by molar-refractivity contribution is 0.511. The molecule has 1 radical (unpaired) electrons. The van der Waals surface area contributed by atoms with Crippen molar-refractivity contribution in [3.8, 4) is 0 Å². The van der Waals surface area contributed by atoms with E-state index in [4.69, 9.17) is 0 Å². The summed E-state index contributed by atoms with van der Waals surface area (Å²) in [4.78, 5) is 0.264. The average Bonchev–Trinajstić information content (AvgIpc) is 2.47. The molecule has 0 unspecified atom stereocenters. The fourth-order valence-electron chi connectivity index (χ4n) is 2.02. The van der Waals surface area contributed by atoms with Crippen LogP contribution in [0, 0.1) is 12.0 Å². The molecule has 0 saturated heterocycles. The number of hydrazine groups is 1. The molecule has 1 N–H and O–H groups in total. The summed E-state index contributed by atoms with van der Waals surface area (Å²) >= 11 is 0. The quantitative estimate of drug-likeness (QED) is 0.830. The smallest absolute Gasteiger partial charge is 0.236 e. The van der Waals surface area contributed by atoms with Gasteiger partial charge in [0, 0.05) is 6.20 Å². The Kier molecular flexibility index (Phi) is 3.10. The number of fused-ring (bicyclic) bond motifs is 1. The van der Waals surface area contributed by atoms with Gasteiger partial charge in [-0.15, -0.1) is 0 Å². The lowest BCUT2D eigenvalue weighted by Crippen LogP contribution is -2.43. The van der Waals surface area contributed by atoms with E-state index in [0.717, 1.165) is 20.2 Å². The Labute approximate surface area is 118 Å². The molecule has 0 spiro atoms. The SMILES string of the molecule is Cc1ccc(S(=O)(=O)N2[B-]=c3ccccc3=CN2)cc1. The number of aryl methyl sites for hydroxylation is 1. The van der Waals surface area contributed by atoms with Crippen LogP contribution in [0.4, 0.5) is 0 Å². The molecule has 3 rings (SSSR count). The predicted molar refractivity (Wildman–Crippen MR) is 78.5 cm³/mol. The molecule has 101 valence electrons. The monoisotopic (exact) mass is 284 g/mol. The third kappa shape index (κ3) is 2.23. The van der Waals surface area contributed by atoms with Crippen molar-refractivity contribution >= 4 is 23.3 Å². The van der Waals surface area contributed by atoms with Gasteiger partial charge in [-0.25, -0.2) is 13.5 Å². The first-order valence-corrected chi connectivity index (χ1v) is 7.66. The highest BCUT2D eigenvalue weighted by Gasteiger charge is 2.14. The molecule has 1 aliphatic rings. The van der Waals surface area contributed by atoms with Crippen LogP contribution in [0.3, 0.4) is 0 Å². The normalized spacial score (nSPS) is 13.8. The van der Waals surface area contributed by atoms with Gasteiger partial charge in [0.15, 0.2) is 0 Å². The second kappa shape index (κ2) is 4.79. The number of hydrogen-bond acceptors (Lipinski definition) is 3. The molecule has 0 saturated carbocycles. The van der Waals surface area contributed by atoms with Crippen molar-refractivity contribution in [1.29, 1.82) is 0 Å². The van der Waals surface area contributed by atoms with Crippen LogP contribution in [0.1, 0.15) is 5.56 Å². The van der Waals surface area contributed by atoms with Crippen LogP contribution in [-0.2, 0) is 10.0 Å². The van der Waals surface area contributed by atoms with Gasteiger partial charge in [-0.05, 0) is 24.3 Å². The van der Waals surface area contributed by atoms with E-state index in [-0.39, 0.29) is 4.90 Å². The van der Waals surface area contributed by atoms with E-state index in [1.54, 1.807) is 37.5 Å². The molecular formula is C14H13BN2O2S-. The maximum Gasteiger partial charge on any atom is 0.236 e. The van der Waals surface area contributed by atoms with Crippen LogP contribution in [0.25, 0.3) is 6.20 Å². The number of sulfonamides is 1. The molecule has 0 aromatic heterocycles. The van der Waals surface area contributed by atoms with Crippen molar-refractivity contribution in [3.63, 3.8) is 0 Å². The molecule has 0 aliphatic carbocycles. The van der Waals surface area contributed by atoms with Crippen molar-refractivity contribution in [1.82, 2.24) is 9.75 Å². The van der Waals surface area contributed by atoms with Gasteiger partial charge in [-0.2, -0.15) is 7.06 Å². The van der Waals surface area contributed by atoms with E-state index >= 15 is 0 Å². The lowest BCUT2D eigenvalue weighted by Gasteiger charge is -2.35.